The van der Waals surface area contributed by atoms with E-state index in [9.17, 15) is 9.90 Å². The Morgan fingerprint density at radius 3 is 2.91 bits per heavy atom. The van der Waals surface area contributed by atoms with Crippen molar-refractivity contribution in [2.45, 2.75) is 37.8 Å². The van der Waals surface area contributed by atoms with Crippen LogP contribution in [0.3, 0.4) is 0 Å². The molecule has 1 aromatic carbocycles. The van der Waals surface area contributed by atoms with Crippen LogP contribution < -0.4 is 11.1 Å². The minimum absolute atomic E-state index is 0. The summed E-state index contributed by atoms with van der Waals surface area (Å²) in [6.45, 7) is 0.261. The van der Waals surface area contributed by atoms with Crippen molar-refractivity contribution in [1.82, 2.24) is 5.32 Å². The van der Waals surface area contributed by atoms with Gasteiger partial charge in [0.15, 0.2) is 0 Å². The third-order valence-corrected chi connectivity index (χ3v) is 5.55. The molecule has 1 aliphatic rings. The molecular weight excluding hydrogens is 332 g/mol. The van der Waals surface area contributed by atoms with E-state index in [4.69, 9.17) is 5.73 Å². The molecule has 4 nitrogen and oxygen atoms in total. The number of nitrogens with one attached hydrogen (secondary N) is 1. The number of amides is 1. The van der Waals surface area contributed by atoms with Gasteiger partial charge >= 0.3 is 0 Å². The molecule has 1 amide bonds. The van der Waals surface area contributed by atoms with Crippen LogP contribution >= 0.6 is 23.7 Å². The van der Waals surface area contributed by atoms with Crippen LogP contribution in [0.5, 0.6) is 0 Å². The van der Waals surface area contributed by atoms with Crippen molar-refractivity contribution in [2.75, 3.05) is 6.54 Å². The largest absolute Gasteiger partial charge is 0.386 e. The van der Waals surface area contributed by atoms with Crippen molar-refractivity contribution in [3.63, 3.8) is 0 Å². The number of benzene rings is 1. The number of hydrogen-bond donors (Lipinski definition) is 3. The van der Waals surface area contributed by atoms with Gasteiger partial charge < -0.3 is 16.2 Å². The Morgan fingerprint density at radius 1 is 1.39 bits per heavy atom. The van der Waals surface area contributed by atoms with E-state index in [1.54, 1.807) is 11.3 Å². The maximum absolute atomic E-state index is 12.2. The Hall–Kier alpha value is -1.14. The number of halogens is 1. The zero-order chi connectivity index (χ0) is 15.5. The average Bonchev–Trinajstić information content (AvgIpc) is 2.96. The van der Waals surface area contributed by atoms with Crippen LogP contribution in [0.25, 0.3) is 10.1 Å². The molecule has 3 atom stereocenters. The van der Waals surface area contributed by atoms with Crippen molar-refractivity contribution in [2.24, 2.45) is 11.7 Å². The van der Waals surface area contributed by atoms with Crippen LogP contribution in [-0.2, 0) is 4.79 Å². The molecule has 1 saturated carbocycles. The van der Waals surface area contributed by atoms with Gasteiger partial charge in [0.05, 0.1) is 0 Å². The number of hydrogen-bond acceptors (Lipinski definition) is 4. The number of carbonyl (C=O) groups excluding carboxylic acids is 1. The monoisotopic (exact) mass is 354 g/mol. The van der Waals surface area contributed by atoms with Gasteiger partial charge in [-0.25, -0.2) is 0 Å². The number of aliphatic hydroxyl groups excluding tert-OH is 1. The zero-order valence-electron chi connectivity index (χ0n) is 12.9. The molecule has 23 heavy (non-hydrogen) atoms. The van der Waals surface area contributed by atoms with Gasteiger partial charge in [0.2, 0.25) is 5.91 Å². The van der Waals surface area contributed by atoms with Gasteiger partial charge in [0, 0.05) is 28.1 Å². The molecule has 3 unspecified atom stereocenters. The lowest BCUT2D eigenvalue weighted by molar-refractivity contribution is -0.126. The summed E-state index contributed by atoms with van der Waals surface area (Å²) < 4.78 is 1.15. The fourth-order valence-corrected chi connectivity index (χ4v) is 4.13. The highest BCUT2D eigenvalue weighted by atomic mass is 35.5. The Labute approximate surface area is 146 Å². The molecule has 1 heterocycles. The lowest BCUT2D eigenvalue weighted by atomic mass is 9.85. The van der Waals surface area contributed by atoms with Gasteiger partial charge in [-0.1, -0.05) is 24.6 Å². The molecule has 4 N–H and O–H groups in total. The summed E-state index contributed by atoms with van der Waals surface area (Å²) in [5.74, 6) is 0.0219. The predicted octanol–water partition coefficient (Wildman–Crippen LogP) is 2.99. The molecular formula is C17H23ClN2O2S. The van der Waals surface area contributed by atoms with Crippen molar-refractivity contribution in [1.29, 1.82) is 0 Å². The Morgan fingerprint density at radius 2 is 2.17 bits per heavy atom. The zero-order valence-corrected chi connectivity index (χ0v) is 14.5. The van der Waals surface area contributed by atoms with E-state index in [0.717, 1.165) is 40.6 Å². The normalized spacial score (nSPS) is 22.3. The van der Waals surface area contributed by atoms with Crippen molar-refractivity contribution in [3.8, 4) is 0 Å². The van der Waals surface area contributed by atoms with Crippen molar-refractivity contribution in [3.05, 3.63) is 35.2 Å². The summed E-state index contributed by atoms with van der Waals surface area (Å²) in [5.41, 5.74) is 5.93. The van der Waals surface area contributed by atoms with Crippen LogP contribution in [0.15, 0.2) is 30.3 Å². The minimum atomic E-state index is -0.654. The Bertz CT molecular complexity index is 628. The first kappa shape index (κ1) is 18.2. The number of aliphatic hydroxyl groups is 1. The summed E-state index contributed by atoms with van der Waals surface area (Å²) in [4.78, 5) is 13.1. The average molecular weight is 355 g/mol. The Balaban J connectivity index is 0.00000192. The van der Waals surface area contributed by atoms with Gasteiger partial charge in [-0.15, -0.1) is 23.7 Å². The van der Waals surface area contributed by atoms with Crippen LogP contribution in [0.1, 0.15) is 36.7 Å². The first-order valence-corrected chi connectivity index (χ1v) is 8.65. The lowest BCUT2D eigenvalue weighted by Gasteiger charge is -2.26. The fourth-order valence-electron chi connectivity index (χ4n) is 3.07. The molecule has 0 radical (unpaired) electrons. The highest BCUT2D eigenvalue weighted by Crippen LogP contribution is 2.29. The van der Waals surface area contributed by atoms with E-state index in [1.165, 1.54) is 0 Å². The van der Waals surface area contributed by atoms with E-state index >= 15 is 0 Å². The molecule has 3 rings (SSSR count). The van der Waals surface area contributed by atoms with E-state index in [0.29, 0.717) is 0 Å². The smallest absolute Gasteiger partial charge is 0.223 e. The molecule has 0 aliphatic heterocycles. The molecule has 1 aromatic heterocycles. The molecule has 2 aromatic rings. The van der Waals surface area contributed by atoms with Gasteiger partial charge in [-0.3, -0.25) is 4.79 Å². The van der Waals surface area contributed by atoms with Gasteiger partial charge in [0.25, 0.3) is 0 Å². The Kier molecular flexibility index (Phi) is 6.41. The molecule has 1 fully saturated rings. The van der Waals surface area contributed by atoms with Gasteiger partial charge in [0.1, 0.15) is 6.10 Å². The summed E-state index contributed by atoms with van der Waals surface area (Å²) >= 11 is 1.57. The molecule has 126 valence electrons. The van der Waals surface area contributed by atoms with E-state index in [1.807, 2.05) is 30.3 Å². The number of carbonyl (C=O) groups is 1. The number of thiophene rings is 1. The second kappa shape index (κ2) is 8.11. The molecule has 6 heteroatoms. The first-order valence-electron chi connectivity index (χ1n) is 7.83. The van der Waals surface area contributed by atoms with Crippen molar-refractivity contribution >= 4 is 39.7 Å². The number of fused-ring (bicyclic) bond motifs is 1. The molecule has 0 saturated heterocycles. The maximum Gasteiger partial charge on any atom is 0.223 e. The summed E-state index contributed by atoms with van der Waals surface area (Å²) in [5, 5.41) is 14.3. The molecule has 0 spiro atoms. The topological polar surface area (TPSA) is 75.4 Å². The second-order valence-corrected chi connectivity index (χ2v) is 7.19. The summed E-state index contributed by atoms with van der Waals surface area (Å²) in [6, 6.07) is 10.2. The lowest BCUT2D eigenvalue weighted by Crippen LogP contribution is -2.39. The van der Waals surface area contributed by atoms with Crippen LogP contribution in [0, 0.1) is 5.92 Å². The predicted molar refractivity (Wildman–Crippen MR) is 97.0 cm³/mol. The van der Waals surface area contributed by atoms with E-state index in [2.05, 4.69) is 5.32 Å². The third-order valence-electron chi connectivity index (χ3n) is 4.33. The van der Waals surface area contributed by atoms with Crippen LogP contribution in [0.2, 0.25) is 0 Å². The van der Waals surface area contributed by atoms with Crippen LogP contribution in [0.4, 0.5) is 0 Å². The molecule has 1 aliphatic carbocycles. The maximum atomic E-state index is 12.2. The SMILES string of the molecule is Cl.NC1CCCC(C(=O)NCC(O)c2cc3ccccc3s2)C1. The van der Waals surface area contributed by atoms with E-state index in [-0.39, 0.29) is 36.8 Å². The summed E-state index contributed by atoms with van der Waals surface area (Å²) in [7, 11) is 0. The van der Waals surface area contributed by atoms with Gasteiger partial charge in [-0.2, -0.15) is 0 Å². The van der Waals surface area contributed by atoms with Crippen molar-refractivity contribution < 1.29 is 9.90 Å². The highest BCUT2D eigenvalue weighted by Gasteiger charge is 2.25. The first-order chi connectivity index (χ1) is 10.6. The van der Waals surface area contributed by atoms with Gasteiger partial charge in [-0.05, 0) is 36.8 Å². The van der Waals surface area contributed by atoms with E-state index < -0.39 is 6.10 Å². The minimum Gasteiger partial charge on any atom is -0.386 e. The molecule has 0 bridgehead atoms. The highest BCUT2D eigenvalue weighted by molar-refractivity contribution is 7.19. The third kappa shape index (κ3) is 4.44. The number of nitrogens with two attached hydrogens (primary N) is 1. The fraction of sp³-hybridized carbons (Fsp3) is 0.471. The van der Waals surface area contributed by atoms with Crippen LogP contribution in [-0.4, -0.2) is 23.6 Å². The quantitative estimate of drug-likeness (QED) is 0.790. The standard InChI is InChI=1S/C17H22N2O2S.ClH/c18-13-6-3-5-12(8-13)17(21)19-10-14(20)16-9-11-4-1-2-7-15(11)22-16;/h1-2,4,7,9,12-14,20H,3,5-6,8,10,18H2,(H,19,21);1H. The number of rotatable bonds is 4. The summed E-state index contributed by atoms with van der Waals surface area (Å²) in [6.07, 6.45) is 3.02. The second-order valence-electron chi connectivity index (χ2n) is 6.07.